The second kappa shape index (κ2) is 7.41. The molecular formula is C20H17FN4O2. The first-order chi connectivity index (χ1) is 13.2. The Balaban J connectivity index is 1.34. The summed E-state index contributed by atoms with van der Waals surface area (Å²) in [5.74, 6) is -0.186. The van der Waals surface area contributed by atoms with Gasteiger partial charge in [-0.1, -0.05) is 47.6 Å². The summed E-state index contributed by atoms with van der Waals surface area (Å²) in [6, 6.07) is 17.6. The number of oxime groups is 1. The van der Waals surface area contributed by atoms with E-state index in [0.717, 1.165) is 11.1 Å². The van der Waals surface area contributed by atoms with Crippen molar-refractivity contribution in [2.45, 2.75) is 19.1 Å². The van der Waals surface area contributed by atoms with Crippen molar-refractivity contribution in [2.24, 2.45) is 5.16 Å². The summed E-state index contributed by atoms with van der Waals surface area (Å²) in [5, 5.41) is 11.0. The molecule has 0 saturated carbocycles. The fraction of sp³-hybridized carbons (Fsp3) is 0.150. The van der Waals surface area contributed by atoms with Crippen LogP contribution in [0.15, 0.2) is 72.0 Å². The Morgan fingerprint density at radius 3 is 2.70 bits per heavy atom. The number of nitrogens with one attached hydrogen (secondary N) is 1. The van der Waals surface area contributed by atoms with Crippen LogP contribution in [-0.2, 0) is 16.2 Å². The molecule has 1 N–H and O–H groups in total. The molecule has 2 aromatic carbocycles. The van der Waals surface area contributed by atoms with Crippen LogP contribution in [0.5, 0.6) is 0 Å². The van der Waals surface area contributed by atoms with Gasteiger partial charge in [-0.05, 0) is 23.3 Å². The number of hydrogen-bond donors (Lipinski definition) is 1. The highest BCUT2D eigenvalue weighted by atomic mass is 19.1. The fourth-order valence-electron chi connectivity index (χ4n) is 2.82. The number of halogens is 1. The van der Waals surface area contributed by atoms with Crippen molar-refractivity contribution >= 4 is 17.4 Å². The second-order valence-electron chi connectivity index (χ2n) is 6.22. The van der Waals surface area contributed by atoms with Crippen LogP contribution < -0.4 is 5.32 Å². The summed E-state index contributed by atoms with van der Waals surface area (Å²) in [5.41, 5.74) is 2.47. The third kappa shape index (κ3) is 4.03. The number of anilines is 1. The van der Waals surface area contributed by atoms with Crippen molar-refractivity contribution in [1.82, 2.24) is 9.78 Å². The number of hydrogen-bond acceptors (Lipinski definition) is 4. The third-order valence-corrected chi connectivity index (χ3v) is 4.22. The normalized spacial score (nSPS) is 15.9. The highest BCUT2D eigenvalue weighted by Crippen LogP contribution is 2.18. The van der Waals surface area contributed by atoms with Gasteiger partial charge >= 0.3 is 0 Å². The molecule has 27 heavy (non-hydrogen) atoms. The van der Waals surface area contributed by atoms with Crippen molar-refractivity contribution in [3.63, 3.8) is 0 Å². The first-order valence-electron chi connectivity index (χ1n) is 8.54. The van der Waals surface area contributed by atoms with Crippen molar-refractivity contribution in [3.05, 3.63) is 83.8 Å². The summed E-state index contributed by atoms with van der Waals surface area (Å²) >= 11 is 0. The van der Waals surface area contributed by atoms with Crippen LogP contribution in [0.3, 0.4) is 0 Å². The minimum atomic E-state index is -0.732. The van der Waals surface area contributed by atoms with Crippen molar-refractivity contribution in [3.8, 4) is 0 Å². The molecule has 1 amide bonds. The topological polar surface area (TPSA) is 68.5 Å². The lowest BCUT2D eigenvalue weighted by Crippen LogP contribution is -2.28. The predicted molar refractivity (Wildman–Crippen MR) is 98.8 cm³/mol. The SMILES string of the molecule is O=C(Nc1ccn(Cc2ccccc2)n1)C1CC(c2ccc(F)cc2)=NO1. The molecule has 0 bridgehead atoms. The quantitative estimate of drug-likeness (QED) is 0.756. The first-order valence-corrected chi connectivity index (χ1v) is 8.54. The van der Waals surface area contributed by atoms with Gasteiger partial charge in [0.15, 0.2) is 5.82 Å². The summed E-state index contributed by atoms with van der Waals surface area (Å²) in [6.07, 6.45) is 1.39. The number of amides is 1. The van der Waals surface area contributed by atoms with E-state index >= 15 is 0 Å². The molecule has 2 heterocycles. The largest absolute Gasteiger partial charge is 0.382 e. The van der Waals surface area contributed by atoms with E-state index in [0.29, 0.717) is 24.5 Å². The molecule has 0 saturated heterocycles. The molecule has 7 heteroatoms. The Morgan fingerprint density at radius 2 is 1.93 bits per heavy atom. The highest BCUT2D eigenvalue weighted by Gasteiger charge is 2.29. The number of carbonyl (C=O) groups is 1. The zero-order valence-corrected chi connectivity index (χ0v) is 14.4. The van der Waals surface area contributed by atoms with Crippen LogP contribution in [0.2, 0.25) is 0 Å². The maximum absolute atomic E-state index is 13.0. The Morgan fingerprint density at radius 1 is 1.15 bits per heavy atom. The molecule has 1 atom stereocenters. The van der Waals surface area contributed by atoms with Gasteiger partial charge in [0.05, 0.1) is 12.3 Å². The maximum Gasteiger partial charge on any atom is 0.269 e. The fourth-order valence-corrected chi connectivity index (χ4v) is 2.82. The van der Waals surface area contributed by atoms with Crippen LogP contribution in [0.25, 0.3) is 0 Å². The van der Waals surface area contributed by atoms with E-state index in [2.05, 4.69) is 15.6 Å². The Labute approximate surface area is 155 Å². The predicted octanol–water partition coefficient (Wildman–Crippen LogP) is 3.20. The number of benzene rings is 2. The van der Waals surface area contributed by atoms with Crippen LogP contribution in [0.4, 0.5) is 10.2 Å². The summed E-state index contributed by atoms with van der Waals surface area (Å²) in [7, 11) is 0. The molecule has 1 aliphatic heterocycles. The number of carbonyl (C=O) groups excluding carboxylic acids is 1. The van der Waals surface area contributed by atoms with Gasteiger partial charge in [-0.25, -0.2) is 4.39 Å². The summed E-state index contributed by atoms with van der Waals surface area (Å²) in [6.45, 7) is 0.620. The molecule has 6 nitrogen and oxygen atoms in total. The van der Waals surface area contributed by atoms with Gasteiger partial charge in [-0.15, -0.1) is 0 Å². The lowest BCUT2D eigenvalue weighted by molar-refractivity contribution is -0.125. The van der Waals surface area contributed by atoms with E-state index in [4.69, 9.17) is 4.84 Å². The van der Waals surface area contributed by atoms with E-state index < -0.39 is 6.10 Å². The lowest BCUT2D eigenvalue weighted by Gasteiger charge is -2.07. The molecule has 0 aliphatic carbocycles. The Kier molecular flexibility index (Phi) is 4.65. The molecule has 136 valence electrons. The molecule has 0 spiro atoms. The van der Waals surface area contributed by atoms with Gasteiger partial charge < -0.3 is 10.2 Å². The van der Waals surface area contributed by atoms with E-state index in [9.17, 15) is 9.18 Å². The minimum Gasteiger partial charge on any atom is -0.382 e. The van der Waals surface area contributed by atoms with Gasteiger partial charge in [-0.3, -0.25) is 9.48 Å². The Hall–Kier alpha value is -3.48. The molecule has 4 rings (SSSR count). The number of rotatable bonds is 5. The lowest BCUT2D eigenvalue weighted by atomic mass is 10.0. The molecule has 0 radical (unpaired) electrons. The van der Waals surface area contributed by atoms with E-state index in [1.54, 1.807) is 29.1 Å². The zero-order valence-electron chi connectivity index (χ0n) is 14.4. The molecule has 1 unspecified atom stereocenters. The molecule has 3 aromatic rings. The zero-order chi connectivity index (χ0) is 18.6. The molecular weight excluding hydrogens is 347 g/mol. The van der Waals surface area contributed by atoms with Crippen LogP contribution >= 0.6 is 0 Å². The number of aromatic nitrogens is 2. The minimum absolute atomic E-state index is 0.319. The second-order valence-corrected chi connectivity index (χ2v) is 6.22. The maximum atomic E-state index is 13.0. The molecule has 1 aliphatic rings. The van der Waals surface area contributed by atoms with Gasteiger partial charge in [0.2, 0.25) is 6.10 Å². The average molecular weight is 364 g/mol. The first kappa shape index (κ1) is 17.0. The monoisotopic (exact) mass is 364 g/mol. The van der Waals surface area contributed by atoms with Crippen LogP contribution in [-0.4, -0.2) is 27.5 Å². The van der Waals surface area contributed by atoms with E-state index in [-0.39, 0.29) is 11.7 Å². The molecule has 1 aromatic heterocycles. The van der Waals surface area contributed by atoms with Crippen molar-refractivity contribution in [2.75, 3.05) is 5.32 Å². The van der Waals surface area contributed by atoms with E-state index in [1.807, 2.05) is 30.3 Å². The van der Waals surface area contributed by atoms with Crippen LogP contribution in [0, 0.1) is 5.82 Å². The van der Waals surface area contributed by atoms with Gasteiger partial charge in [-0.2, -0.15) is 5.10 Å². The summed E-state index contributed by atoms with van der Waals surface area (Å²) in [4.78, 5) is 17.6. The van der Waals surface area contributed by atoms with Crippen molar-refractivity contribution < 1.29 is 14.0 Å². The van der Waals surface area contributed by atoms with Gasteiger partial charge in [0.1, 0.15) is 5.82 Å². The van der Waals surface area contributed by atoms with Gasteiger partial charge in [0, 0.05) is 18.7 Å². The molecule has 0 fully saturated rings. The van der Waals surface area contributed by atoms with E-state index in [1.165, 1.54) is 12.1 Å². The standard InChI is InChI=1S/C20H17FN4O2/c21-16-8-6-15(7-9-16)17-12-18(27-24-17)20(26)22-19-10-11-25(23-19)13-14-4-2-1-3-5-14/h1-11,18H,12-13H2,(H,22,23,26). The van der Waals surface area contributed by atoms with Crippen molar-refractivity contribution in [1.29, 1.82) is 0 Å². The number of nitrogens with zero attached hydrogens (tertiary/aromatic N) is 3. The third-order valence-electron chi connectivity index (χ3n) is 4.22. The van der Waals surface area contributed by atoms with Crippen LogP contribution in [0.1, 0.15) is 17.5 Å². The summed E-state index contributed by atoms with van der Waals surface area (Å²) < 4.78 is 14.8. The Bertz CT molecular complexity index is 967. The average Bonchev–Trinajstić information content (AvgIpc) is 3.33. The van der Waals surface area contributed by atoms with Gasteiger partial charge in [0.25, 0.3) is 5.91 Å². The smallest absolute Gasteiger partial charge is 0.269 e. The highest BCUT2D eigenvalue weighted by molar-refractivity contribution is 6.05.